The van der Waals surface area contributed by atoms with E-state index in [1.807, 2.05) is 11.0 Å². The Kier molecular flexibility index (Phi) is 4.56. The van der Waals surface area contributed by atoms with Crippen molar-refractivity contribution in [3.05, 3.63) is 35.9 Å². The number of ether oxygens (including phenoxy) is 1. The Balaban J connectivity index is 1.44. The molecular weight excluding hydrogens is 264 g/mol. The number of hydrogen-bond donors (Lipinski definition) is 0. The minimum Gasteiger partial charge on any atom is -0.359 e. The first-order valence-corrected chi connectivity index (χ1v) is 7.98. The summed E-state index contributed by atoms with van der Waals surface area (Å²) in [7, 11) is 0. The third-order valence-corrected chi connectivity index (χ3v) is 4.33. The number of epoxide rings is 1. The average molecular weight is 288 g/mol. The summed E-state index contributed by atoms with van der Waals surface area (Å²) >= 11 is 0. The maximum atomic E-state index is 12.3. The molecule has 21 heavy (non-hydrogen) atoms. The normalized spacial score (nSPS) is 25.9. The van der Waals surface area contributed by atoms with E-state index in [1.165, 1.54) is 5.56 Å². The molecule has 2 aliphatic heterocycles. The van der Waals surface area contributed by atoms with Gasteiger partial charge in [-0.05, 0) is 12.0 Å². The first kappa shape index (κ1) is 14.5. The SMILES string of the molecule is CCC[C@H]1O[C@@H]1C(=O)N1CCN(Cc2ccccc2)CC1. The molecule has 1 aromatic carbocycles. The molecule has 2 aliphatic rings. The lowest BCUT2D eigenvalue weighted by Crippen LogP contribution is -2.49. The van der Waals surface area contributed by atoms with Crippen LogP contribution in [0.2, 0.25) is 0 Å². The third kappa shape index (κ3) is 3.63. The molecule has 3 rings (SSSR count). The maximum Gasteiger partial charge on any atom is 0.254 e. The van der Waals surface area contributed by atoms with Crippen LogP contribution >= 0.6 is 0 Å². The van der Waals surface area contributed by atoms with Crippen LogP contribution in [0.25, 0.3) is 0 Å². The Hall–Kier alpha value is -1.39. The molecule has 0 unspecified atom stereocenters. The van der Waals surface area contributed by atoms with Gasteiger partial charge in [0.25, 0.3) is 5.91 Å². The van der Waals surface area contributed by atoms with Crippen LogP contribution in [0.4, 0.5) is 0 Å². The van der Waals surface area contributed by atoms with Crippen molar-refractivity contribution in [2.45, 2.75) is 38.5 Å². The van der Waals surface area contributed by atoms with Crippen molar-refractivity contribution in [2.24, 2.45) is 0 Å². The summed E-state index contributed by atoms with van der Waals surface area (Å²) in [5.41, 5.74) is 1.34. The first-order valence-electron chi connectivity index (χ1n) is 7.98. The molecule has 0 spiro atoms. The van der Waals surface area contributed by atoms with Crippen LogP contribution in [0, 0.1) is 0 Å². The molecule has 4 nitrogen and oxygen atoms in total. The summed E-state index contributed by atoms with van der Waals surface area (Å²) in [5.74, 6) is 0.202. The second-order valence-electron chi connectivity index (χ2n) is 5.97. The highest BCUT2D eigenvalue weighted by Crippen LogP contribution is 2.28. The van der Waals surface area contributed by atoms with Crippen LogP contribution in [0.15, 0.2) is 30.3 Å². The zero-order valence-corrected chi connectivity index (χ0v) is 12.7. The number of rotatable bonds is 5. The van der Waals surface area contributed by atoms with E-state index < -0.39 is 0 Å². The van der Waals surface area contributed by atoms with Crippen molar-refractivity contribution in [2.75, 3.05) is 26.2 Å². The van der Waals surface area contributed by atoms with E-state index in [4.69, 9.17) is 4.74 Å². The summed E-state index contributed by atoms with van der Waals surface area (Å²) in [4.78, 5) is 16.7. The molecule has 0 N–H and O–H groups in total. The first-order chi connectivity index (χ1) is 10.3. The monoisotopic (exact) mass is 288 g/mol. The van der Waals surface area contributed by atoms with Gasteiger partial charge in [-0.3, -0.25) is 9.69 Å². The summed E-state index contributed by atoms with van der Waals surface area (Å²) in [6.45, 7) is 6.65. The molecule has 2 fully saturated rings. The van der Waals surface area contributed by atoms with Gasteiger partial charge in [0, 0.05) is 32.7 Å². The Labute approximate surface area is 126 Å². The predicted molar refractivity (Wildman–Crippen MR) is 81.9 cm³/mol. The largest absolute Gasteiger partial charge is 0.359 e. The van der Waals surface area contributed by atoms with E-state index in [1.54, 1.807) is 0 Å². The Bertz CT molecular complexity index is 469. The fourth-order valence-electron chi connectivity index (χ4n) is 3.01. The minimum absolute atomic E-state index is 0.148. The Morgan fingerprint density at radius 2 is 1.90 bits per heavy atom. The van der Waals surface area contributed by atoms with Crippen LogP contribution in [-0.2, 0) is 16.1 Å². The number of nitrogens with zero attached hydrogens (tertiary/aromatic N) is 2. The topological polar surface area (TPSA) is 36.1 Å². The zero-order chi connectivity index (χ0) is 14.7. The van der Waals surface area contributed by atoms with Gasteiger partial charge >= 0.3 is 0 Å². The molecule has 0 aliphatic carbocycles. The van der Waals surface area contributed by atoms with E-state index in [9.17, 15) is 4.79 Å². The van der Waals surface area contributed by atoms with Crippen LogP contribution in [-0.4, -0.2) is 54.1 Å². The molecule has 114 valence electrons. The van der Waals surface area contributed by atoms with Gasteiger partial charge in [0.2, 0.25) is 0 Å². The molecule has 2 heterocycles. The van der Waals surface area contributed by atoms with Gasteiger partial charge in [-0.2, -0.15) is 0 Å². The quantitative estimate of drug-likeness (QED) is 0.776. The molecule has 0 saturated carbocycles. The van der Waals surface area contributed by atoms with Gasteiger partial charge in [-0.15, -0.1) is 0 Å². The van der Waals surface area contributed by atoms with Crippen molar-refractivity contribution in [3.8, 4) is 0 Å². The maximum absolute atomic E-state index is 12.3. The van der Waals surface area contributed by atoms with Crippen molar-refractivity contribution < 1.29 is 9.53 Å². The molecule has 4 heteroatoms. The van der Waals surface area contributed by atoms with Crippen molar-refractivity contribution in [3.63, 3.8) is 0 Å². The highest BCUT2D eigenvalue weighted by Gasteiger charge is 2.46. The smallest absolute Gasteiger partial charge is 0.254 e. The highest BCUT2D eigenvalue weighted by atomic mass is 16.6. The summed E-state index contributed by atoms with van der Waals surface area (Å²) in [6, 6.07) is 10.5. The number of carbonyl (C=O) groups is 1. The van der Waals surface area contributed by atoms with E-state index in [-0.39, 0.29) is 18.1 Å². The van der Waals surface area contributed by atoms with Crippen LogP contribution in [0.1, 0.15) is 25.3 Å². The van der Waals surface area contributed by atoms with Gasteiger partial charge < -0.3 is 9.64 Å². The second-order valence-corrected chi connectivity index (χ2v) is 5.97. The Morgan fingerprint density at radius 1 is 1.19 bits per heavy atom. The van der Waals surface area contributed by atoms with E-state index >= 15 is 0 Å². The molecular formula is C17H24N2O2. The van der Waals surface area contributed by atoms with Gasteiger partial charge in [0.15, 0.2) is 6.10 Å². The fourth-order valence-corrected chi connectivity index (χ4v) is 3.01. The van der Waals surface area contributed by atoms with Crippen LogP contribution in [0.3, 0.4) is 0 Å². The fraction of sp³-hybridized carbons (Fsp3) is 0.588. The van der Waals surface area contributed by atoms with Crippen molar-refractivity contribution in [1.82, 2.24) is 9.80 Å². The second kappa shape index (κ2) is 6.58. The molecule has 0 bridgehead atoms. The lowest BCUT2D eigenvalue weighted by molar-refractivity contribution is -0.134. The van der Waals surface area contributed by atoms with Crippen molar-refractivity contribution >= 4 is 5.91 Å². The predicted octanol–water partition coefficient (Wildman–Crippen LogP) is 1.90. The van der Waals surface area contributed by atoms with Crippen LogP contribution in [0.5, 0.6) is 0 Å². The number of piperazine rings is 1. The van der Waals surface area contributed by atoms with E-state index in [0.29, 0.717) is 0 Å². The van der Waals surface area contributed by atoms with Crippen molar-refractivity contribution in [1.29, 1.82) is 0 Å². The molecule has 0 radical (unpaired) electrons. The van der Waals surface area contributed by atoms with E-state index in [0.717, 1.165) is 45.6 Å². The molecule has 1 aromatic rings. The Morgan fingerprint density at radius 3 is 2.57 bits per heavy atom. The molecule has 2 atom stereocenters. The van der Waals surface area contributed by atoms with Gasteiger partial charge in [-0.1, -0.05) is 43.7 Å². The number of hydrogen-bond acceptors (Lipinski definition) is 3. The van der Waals surface area contributed by atoms with Gasteiger partial charge in [0.05, 0.1) is 6.10 Å². The molecule has 1 amide bonds. The molecule has 2 saturated heterocycles. The van der Waals surface area contributed by atoms with Crippen LogP contribution < -0.4 is 0 Å². The standard InChI is InChI=1S/C17H24N2O2/c1-2-6-15-16(21-15)17(20)19-11-9-18(10-12-19)13-14-7-4-3-5-8-14/h3-5,7-8,15-16H,2,6,9-13H2,1H3/t15-,16+/m1/s1. The van der Waals surface area contributed by atoms with Gasteiger partial charge in [0.1, 0.15) is 0 Å². The number of carbonyl (C=O) groups excluding carboxylic acids is 1. The average Bonchev–Trinajstić information content (AvgIpc) is 3.28. The lowest BCUT2D eigenvalue weighted by atomic mass is 10.1. The van der Waals surface area contributed by atoms with Gasteiger partial charge in [-0.25, -0.2) is 0 Å². The number of amides is 1. The molecule has 0 aromatic heterocycles. The summed E-state index contributed by atoms with van der Waals surface area (Å²) in [6.07, 6.45) is 2.12. The highest BCUT2D eigenvalue weighted by molar-refractivity contribution is 5.83. The zero-order valence-electron chi connectivity index (χ0n) is 12.7. The number of benzene rings is 1. The summed E-state index contributed by atoms with van der Waals surface area (Å²) in [5, 5.41) is 0. The minimum atomic E-state index is -0.148. The summed E-state index contributed by atoms with van der Waals surface area (Å²) < 4.78 is 5.49. The van der Waals surface area contributed by atoms with E-state index in [2.05, 4.69) is 36.1 Å². The third-order valence-electron chi connectivity index (χ3n) is 4.33. The lowest BCUT2D eigenvalue weighted by Gasteiger charge is -2.34.